The molecule has 0 aromatic carbocycles. The topological polar surface area (TPSA) is 86.0 Å². The van der Waals surface area contributed by atoms with Crippen LogP contribution in [-0.2, 0) is 0 Å². The van der Waals surface area contributed by atoms with Crippen molar-refractivity contribution in [3.05, 3.63) is 0 Å². The summed E-state index contributed by atoms with van der Waals surface area (Å²) in [6.45, 7) is 6.11. The van der Waals surface area contributed by atoms with Crippen molar-refractivity contribution < 1.29 is 4.74 Å². The van der Waals surface area contributed by atoms with E-state index in [-0.39, 0.29) is 18.1 Å². The lowest BCUT2D eigenvalue weighted by molar-refractivity contribution is 0.222. The van der Waals surface area contributed by atoms with E-state index in [0.717, 1.165) is 12.3 Å². The molecule has 20 heavy (non-hydrogen) atoms. The highest BCUT2D eigenvalue weighted by Gasteiger charge is 2.21. The van der Waals surface area contributed by atoms with E-state index in [4.69, 9.17) is 10.5 Å². The first-order valence-corrected chi connectivity index (χ1v) is 7.51. The Morgan fingerprint density at radius 2 is 2.10 bits per heavy atom. The van der Waals surface area contributed by atoms with Crippen molar-refractivity contribution in [2.75, 3.05) is 11.1 Å². The number of anilines is 2. The van der Waals surface area contributed by atoms with Crippen molar-refractivity contribution in [1.82, 2.24) is 15.0 Å². The average Bonchev–Trinajstić information content (AvgIpc) is 2.37. The van der Waals surface area contributed by atoms with Crippen molar-refractivity contribution >= 4 is 11.9 Å². The number of nitrogen functional groups attached to an aromatic ring is 1. The van der Waals surface area contributed by atoms with Crippen LogP contribution in [0, 0.1) is 5.92 Å². The molecule has 2 unspecified atom stereocenters. The van der Waals surface area contributed by atoms with Crippen LogP contribution in [0.2, 0.25) is 0 Å². The van der Waals surface area contributed by atoms with Gasteiger partial charge in [-0.05, 0) is 32.6 Å². The van der Waals surface area contributed by atoms with Crippen LogP contribution in [0.5, 0.6) is 6.01 Å². The van der Waals surface area contributed by atoms with Crippen LogP contribution in [-0.4, -0.2) is 27.1 Å². The maximum atomic E-state index is 5.71. The van der Waals surface area contributed by atoms with Gasteiger partial charge in [0.2, 0.25) is 11.9 Å². The van der Waals surface area contributed by atoms with Crippen LogP contribution in [0.15, 0.2) is 0 Å². The van der Waals surface area contributed by atoms with Gasteiger partial charge >= 0.3 is 6.01 Å². The molecule has 1 saturated carbocycles. The molecule has 2 rings (SSSR count). The van der Waals surface area contributed by atoms with Gasteiger partial charge in [-0.2, -0.15) is 15.0 Å². The predicted molar refractivity (Wildman–Crippen MR) is 79.7 cm³/mol. The van der Waals surface area contributed by atoms with Crippen LogP contribution in [0.25, 0.3) is 0 Å². The first-order valence-electron chi connectivity index (χ1n) is 7.51. The van der Waals surface area contributed by atoms with E-state index in [0.29, 0.717) is 12.0 Å². The summed E-state index contributed by atoms with van der Waals surface area (Å²) in [7, 11) is 0. The Hall–Kier alpha value is -1.59. The summed E-state index contributed by atoms with van der Waals surface area (Å²) in [6.07, 6.45) is 6.16. The predicted octanol–water partition coefficient (Wildman–Crippen LogP) is 2.62. The molecule has 112 valence electrons. The number of hydrogen-bond acceptors (Lipinski definition) is 6. The maximum Gasteiger partial charge on any atom is 0.323 e. The first-order chi connectivity index (χ1) is 9.56. The zero-order valence-corrected chi connectivity index (χ0v) is 12.6. The van der Waals surface area contributed by atoms with Gasteiger partial charge in [0.05, 0.1) is 6.10 Å². The largest absolute Gasteiger partial charge is 0.461 e. The van der Waals surface area contributed by atoms with E-state index in [1.54, 1.807) is 0 Å². The Morgan fingerprint density at radius 1 is 1.30 bits per heavy atom. The average molecular weight is 279 g/mol. The van der Waals surface area contributed by atoms with Gasteiger partial charge in [0.25, 0.3) is 0 Å². The Morgan fingerprint density at radius 3 is 2.80 bits per heavy atom. The standard InChI is InChI=1S/C14H25N5O/c1-4-10-6-5-7-11(8-10)16-13-17-12(15)18-14(19-13)20-9(2)3/h9-11H,4-8H2,1-3H3,(H3,15,16,17,18,19). The van der Waals surface area contributed by atoms with Crippen molar-refractivity contribution in [3.8, 4) is 6.01 Å². The molecule has 1 fully saturated rings. The summed E-state index contributed by atoms with van der Waals surface area (Å²) < 4.78 is 5.48. The van der Waals surface area contributed by atoms with Gasteiger partial charge in [-0.15, -0.1) is 0 Å². The van der Waals surface area contributed by atoms with Crippen LogP contribution in [0.4, 0.5) is 11.9 Å². The van der Waals surface area contributed by atoms with Gasteiger partial charge in [-0.1, -0.05) is 26.2 Å². The van der Waals surface area contributed by atoms with Crippen molar-refractivity contribution in [2.24, 2.45) is 5.92 Å². The van der Waals surface area contributed by atoms with Crippen LogP contribution in [0.1, 0.15) is 52.9 Å². The summed E-state index contributed by atoms with van der Waals surface area (Å²) in [5.74, 6) is 1.52. The van der Waals surface area contributed by atoms with Crippen LogP contribution < -0.4 is 15.8 Å². The molecular formula is C14H25N5O. The molecule has 1 aliphatic rings. The minimum absolute atomic E-state index is 0.0174. The molecule has 1 aromatic heterocycles. The molecular weight excluding hydrogens is 254 g/mol. The van der Waals surface area contributed by atoms with Gasteiger partial charge in [-0.3, -0.25) is 0 Å². The van der Waals surface area contributed by atoms with Gasteiger partial charge in [0.15, 0.2) is 0 Å². The minimum Gasteiger partial charge on any atom is -0.461 e. The van der Waals surface area contributed by atoms with E-state index < -0.39 is 0 Å². The fourth-order valence-electron chi connectivity index (χ4n) is 2.68. The maximum absolute atomic E-state index is 5.71. The number of nitrogens with zero attached hydrogens (tertiary/aromatic N) is 3. The quantitative estimate of drug-likeness (QED) is 0.861. The molecule has 0 aliphatic heterocycles. The third-order valence-electron chi connectivity index (χ3n) is 3.67. The SMILES string of the molecule is CCC1CCCC(Nc2nc(N)nc(OC(C)C)n2)C1. The summed E-state index contributed by atoms with van der Waals surface area (Å²) in [6, 6.07) is 0.709. The molecule has 0 bridgehead atoms. The highest BCUT2D eigenvalue weighted by molar-refractivity contribution is 5.33. The Balaban J connectivity index is 2.02. The van der Waals surface area contributed by atoms with E-state index in [1.807, 2.05) is 13.8 Å². The second kappa shape index (κ2) is 6.72. The second-order valence-corrected chi connectivity index (χ2v) is 5.75. The number of ether oxygens (including phenoxy) is 1. The lowest BCUT2D eigenvalue weighted by Gasteiger charge is -2.29. The molecule has 0 saturated heterocycles. The van der Waals surface area contributed by atoms with Crippen molar-refractivity contribution in [1.29, 1.82) is 0 Å². The van der Waals surface area contributed by atoms with Crippen LogP contribution in [0.3, 0.4) is 0 Å². The zero-order chi connectivity index (χ0) is 14.5. The molecule has 3 N–H and O–H groups in total. The van der Waals surface area contributed by atoms with E-state index >= 15 is 0 Å². The van der Waals surface area contributed by atoms with Gasteiger partial charge < -0.3 is 15.8 Å². The first kappa shape index (κ1) is 14.8. The van der Waals surface area contributed by atoms with E-state index in [9.17, 15) is 0 Å². The Kier molecular flexibility index (Phi) is 4.98. The lowest BCUT2D eigenvalue weighted by atomic mass is 9.84. The molecule has 1 aliphatic carbocycles. The Labute approximate surface area is 120 Å². The Bertz CT molecular complexity index is 438. The minimum atomic E-state index is 0.0174. The van der Waals surface area contributed by atoms with E-state index in [1.165, 1.54) is 25.7 Å². The highest BCUT2D eigenvalue weighted by Crippen LogP contribution is 2.28. The van der Waals surface area contributed by atoms with Gasteiger partial charge in [0.1, 0.15) is 0 Å². The molecule has 6 heteroatoms. The summed E-state index contributed by atoms with van der Waals surface area (Å²) in [5, 5.41) is 3.38. The number of nitrogens with one attached hydrogen (secondary N) is 1. The van der Waals surface area contributed by atoms with Gasteiger partial charge in [-0.25, -0.2) is 0 Å². The molecule has 0 radical (unpaired) electrons. The smallest absolute Gasteiger partial charge is 0.323 e. The van der Waals surface area contributed by atoms with Gasteiger partial charge in [0, 0.05) is 6.04 Å². The summed E-state index contributed by atoms with van der Waals surface area (Å²) >= 11 is 0. The lowest BCUT2D eigenvalue weighted by Crippen LogP contribution is -2.28. The molecule has 1 heterocycles. The number of rotatable bonds is 5. The summed E-state index contributed by atoms with van der Waals surface area (Å²) in [4.78, 5) is 12.4. The third kappa shape index (κ3) is 4.21. The highest BCUT2D eigenvalue weighted by atomic mass is 16.5. The number of aromatic nitrogens is 3. The third-order valence-corrected chi connectivity index (χ3v) is 3.67. The number of nitrogens with two attached hydrogens (primary N) is 1. The van der Waals surface area contributed by atoms with E-state index in [2.05, 4.69) is 27.2 Å². The molecule has 0 spiro atoms. The zero-order valence-electron chi connectivity index (χ0n) is 12.6. The summed E-state index contributed by atoms with van der Waals surface area (Å²) in [5.41, 5.74) is 5.71. The molecule has 0 amide bonds. The fourth-order valence-corrected chi connectivity index (χ4v) is 2.68. The monoisotopic (exact) mass is 279 g/mol. The second-order valence-electron chi connectivity index (χ2n) is 5.75. The molecule has 2 atom stereocenters. The normalized spacial score (nSPS) is 22.8. The van der Waals surface area contributed by atoms with Crippen molar-refractivity contribution in [2.45, 2.75) is 65.0 Å². The molecule has 6 nitrogen and oxygen atoms in total. The molecule has 1 aromatic rings. The fraction of sp³-hybridized carbons (Fsp3) is 0.786. The van der Waals surface area contributed by atoms with Crippen molar-refractivity contribution in [3.63, 3.8) is 0 Å². The number of hydrogen-bond donors (Lipinski definition) is 2. The van der Waals surface area contributed by atoms with Crippen LogP contribution >= 0.6 is 0 Å².